The number of hydrogen-bond acceptors (Lipinski definition) is 9. The van der Waals surface area contributed by atoms with Gasteiger partial charge in [-0.3, -0.25) is 28.7 Å². The summed E-state index contributed by atoms with van der Waals surface area (Å²) >= 11 is 0. The molecule has 0 spiro atoms. The largest absolute Gasteiger partial charge is 0.384 e. The van der Waals surface area contributed by atoms with Gasteiger partial charge in [0.25, 0.3) is 5.56 Å². The molecule has 3 aromatic rings. The van der Waals surface area contributed by atoms with Crippen LogP contribution in [0.25, 0.3) is 11.0 Å². The summed E-state index contributed by atoms with van der Waals surface area (Å²) in [6.45, 7) is 4.83. The monoisotopic (exact) mass is 427 g/mol. The third-order valence-electron chi connectivity index (χ3n) is 5.51. The molecule has 3 aromatic heterocycles. The molecule has 0 aliphatic carbocycles. The number of hydrogen-bond donors (Lipinski definition) is 2. The van der Waals surface area contributed by atoms with Crippen molar-refractivity contribution in [3.63, 3.8) is 0 Å². The van der Waals surface area contributed by atoms with Crippen molar-refractivity contribution >= 4 is 28.5 Å². The van der Waals surface area contributed by atoms with Crippen molar-refractivity contribution in [3.8, 4) is 0 Å². The summed E-state index contributed by atoms with van der Waals surface area (Å²) in [6, 6.07) is 0. The van der Waals surface area contributed by atoms with Crippen LogP contribution in [0.5, 0.6) is 0 Å². The first-order valence-corrected chi connectivity index (χ1v) is 10.2. The molecular formula is C19H25N9O3. The Bertz CT molecular complexity index is 1230. The van der Waals surface area contributed by atoms with Gasteiger partial charge in [-0.1, -0.05) is 6.92 Å². The smallest absolute Gasteiger partial charge is 0.329 e. The summed E-state index contributed by atoms with van der Waals surface area (Å²) in [5.74, 6) is 0.351. The molecule has 4 heterocycles. The molecule has 0 amide bonds. The summed E-state index contributed by atoms with van der Waals surface area (Å²) in [7, 11) is 1.83. The van der Waals surface area contributed by atoms with E-state index in [4.69, 9.17) is 5.73 Å². The van der Waals surface area contributed by atoms with E-state index in [9.17, 15) is 14.4 Å². The van der Waals surface area contributed by atoms with Crippen LogP contribution in [-0.2, 0) is 13.6 Å². The van der Waals surface area contributed by atoms with E-state index in [1.165, 1.54) is 10.9 Å². The Morgan fingerprint density at radius 2 is 1.94 bits per heavy atom. The van der Waals surface area contributed by atoms with Gasteiger partial charge in [0.15, 0.2) is 11.4 Å². The van der Waals surface area contributed by atoms with E-state index < -0.39 is 17.0 Å². The van der Waals surface area contributed by atoms with Crippen LogP contribution in [0.2, 0.25) is 0 Å². The number of aromatic nitrogens is 6. The molecule has 0 bridgehead atoms. The van der Waals surface area contributed by atoms with E-state index in [1.807, 2.05) is 18.9 Å². The lowest BCUT2D eigenvalue weighted by atomic mass is 10.1. The predicted octanol–water partition coefficient (Wildman–Crippen LogP) is -0.790. The van der Waals surface area contributed by atoms with Gasteiger partial charge in [-0.2, -0.15) is 5.10 Å². The Morgan fingerprint density at radius 3 is 2.65 bits per heavy atom. The number of aryl methyl sites for hydroxylation is 1. The molecule has 1 saturated heterocycles. The number of aromatic amines is 1. The van der Waals surface area contributed by atoms with Gasteiger partial charge in [0.1, 0.15) is 23.5 Å². The number of nitrogens with one attached hydrogen (secondary N) is 1. The fraction of sp³-hybridized carbons (Fsp3) is 0.474. The second-order valence-electron chi connectivity index (χ2n) is 7.56. The van der Waals surface area contributed by atoms with E-state index in [2.05, 4.69) is 25.0 Å². The van der Waals surface area contributed by atoms with Crippen LogP contribution >= 0.6 is 0 Å². The number of anilines is 2. The van der Waals surface area contributed by atoms with Crippen molar-refractivity contribution in [2.45, 2.75) is 19.9 Å². The molecule has 12 heteroatoms. The van der Waals surface area contributed by atoms with Crippen LogP contribution in [0.4, 0.5) is 11.6 Å². The van der Waals surface area contributed by atoms with Gasteiger partial charge in [-0.25, -0.2) is 14.8 Å². The highest BCUT2D eigenvalue weighted by Crippen LogP contribution is 2.23. The summed E-state index contributed by atoms with van der Waals surface area (Å²) in [6.07, 6.45) is 3.93. The molecule has 1 aliphatic rings. The van der Waals surface area contributed by atoms with Crippen LogP contribution in [0.1, 0.15) is 23.7 Å². The lowest BCUT2D eigenvalue weighted by Gasteiger charge is -2.35. The number of carbonyl (C=O) groups excluding carboxylic acids is 1. The van der Waals surface area contributed by atoms with E-state index in [0.717, 1.165) is 16.9 Å². The number of ketones is 1. The Morgan fingerprint density at radius 1 is 1.19 bits per heavy atom. The van der Waals surface area contributed by atoms with Gasteiger partial charge in [0.05, 0.1) is 18.1 Å². The quantitative estimate of drug-likeness (QED) is 0.483. The molecule has 0 atom stereocenters. The summed E-state index contributed by atoms with van der Waals surface area (Å²) in [5, 5.41) is 5.13. The van der Waals surface area contributed by atoms with Crippen molar-refractivity contribution in [3.05, 3.63) is 38.9 Å². The molecule has 1 aliphatic heterocycles. The molecule has 0 unspecified atom stereocenters. The fourth-order valence-corrected chi connectivity index (χ4v) is 3.90. The zero-order valence-corrected chi connectivity index (χ0v) is 17.5. The van der Waals surface area contributed by atoms with E-state index >= 15 is 0 Å². The molecule has 0 aromatic carbocycles. The lowest BCUT2D eigenvalue weighted by Crippen LogP contribution is -2.49. The molecular weight excluding hydrogens is 402 g/mol. The number of carbonyl (C=O) groups is 1. The minimum Gasteiger partial charge on any atom is -0.384 e. The number of nitrogens with two attached hydrogens (primary N) is 1. The van der Waals surface area contributed by atoms with Crippen molar-refractivity contribution in [1.82, 2.24) is 34.2 Å². The average molecular weight is 427 g/mol. The van der Waals surface area contributed by atoms with Gasteiger partial charge in [-0.05, 0) is 6.42 Å². The predicted molar refractivity (Wildman–Crippen MR) is 115 cm³/mol. The number of rotatable bonds is 6. The molecule has 3 N–H and O–H groups in total. The van der Waals surface area contributed by atoms with Crippen molar-refractivity contribution in [2.75, 3.05) is 43.4 Å². The zero-order chi connectivity index (χ0) is 22.1. The number of H-pyrrole nitrogens is 1. The van der Waals surface area contributed by atoms with Crippen molar-refractivity contribution in [2.24, 2.45) is 7.05 Å². The second kappa shape index (κ2) is 8.30. The van der Waals surface area contributed by atoms with Gasteiger partial charge in [0, 0.05) is 39.8 Å². The summed E-state index contributed by atoms with van der Waals surface area (Å²) < 4.78 is 2.94. The molecule has 31 heavy (non-hydrogen) atoms. The summed E-state index contributed by atoms with van der Waals surface area (Å²) in [4.78, 5) is 52.0. The number of fused-ring (bicyclic) bond motifs is 1. The zero-order valence-electron chi connectivity index (χ0n) is 17.5. The maximum absolute atomic E-state index is 12.8. The average Bonchev–Trinajstić information content (AvgIpc) is 3.13. The Balaban J connectivity index is 1.47. The maximum atomic E-state index is 12.8. The van der Waals surface area contributed by atoms with Gasteiger partial charge in [0.2, 0.25) is 0 Å². The highest BCUT2D eigenvalue weighted by Gasteiger charge is 2.25. The second-order valence-corrected chi connectivity index (χ2v) is 7.56. The maximum Gasteiger partial charge on any atom is 0.329 e. The third kappa shape index (κ3) is 3.81. The van der Waals surface area contributed by atoms with E-state index in [1.54, 1.807) is 10.9 Å². The third-order valence-corrected chi connectivity index (χ3v) is 5.51. The molecule has 12 nitrogen and oxygen atoms in total. The molecule has 0 radical (unpaired) electrons. The fourth-order valence-electron chi connectivity index (χ4n) is 3.90. The topological polar surface area (TPSA) is 148 Å². The number of nitrogen functional groups attached to an aromatic ring is 1. The standard InChI is InChI=1S/C19H25N9O3/c1-3-4-28-15(20)14(18(30)24-19(28)31)13(29)10-26-5-7-27(8-6-26)17-12-9-23-25(2)16(12)21-11-22-17/h9,11H,3-8,10,20H2,1-2H3,(H,24,30,31). The SMILES string of the molecule is CCCn1c(N)c(C(=O)CN2CCN(c3ncnc4c3cnn4C)CC2)c(=O)[nH]c1=O. The van der Waals surface area contributed by atoms with Crippen molar-refractivity contribution in [1.29, 1.82) is 0 Å². The summed E-state index contributed by atoms with van der Waals surface area (Å²) in [5.41, 5.74) is 5.28. The number of nitrogens with zero attached hydrogens (tertiary/aromatic N) is 7. The van der Waals surface area contributed by atoms with Crippen LogP contribution in [0.15, 0.2) is 22.1 Å². The number of Topliss-reactive ketones (excluding diaryl/α,β-unsaturated/α-hetero) is 1. The van der Waals surface area contributed by atoms with Crippen LogP contribution in [0, 0.1) is 0 Å². The molecule has 164 valence electrons. The van der Waals surface area contributed by atoms with E-state index in [0.29, 0.717) is 39.1 Å². The minimum atomic E-state index is -0.738. The highest BCUT2D eigenvalue weighted by molar-refractivity contribution is 6.01. The first-order chi connectivity index (χ1) is 14.9. The van der Waals surface area contributed by atoms with Gasteiger partial charge in [-0.15, -0.1) is 0 Å². The lowest BCUT2D eigenvalue weighted by molar-refractivity contribution is 0.0925. The number of piperazine rings is 1. The first kappa shape index (κ1) is 20.7. The van der Waals surface area contributed by atoms with Crippen LogP contribution in [-0.4, -0.2) is 72.7 Å². The molecule has 4 rings (SSSR count). The Hall–Kier alpha value is -3.54. The van der Waals surface area contributed by atoms with Gasteiger partial charge < -0.3 is 10.6 Å². The van der Waals surface area contributed by atoms with Crippen molar-refractivity contribution < 1.29 is 4.79 Å². The highest BCUT2D eigenvalue weighted by atomic mass is 16.2. The first-order valence-electron chi connectivity index (χ1n) is 10.2. The minimum absolute atomic E-state index is 0.0531. The Labute approximate surface area is 177 Å². The molecule has 0 saturated carbocycles. The van der Waals surface area contributed by atoms with Crippen LogP contribution in [0.3, 0.4) is 0 Å². The van der Waals surface area contributed by atoms with E-state index in [-0.39, 0.29) is 17.9 Å². The molecule has 1 fully saturated rings. The van der Waals surface area contributed by atoms with Gasteiger partial charge >= 0.3 is 5.69 Å². The Kier molecular flexibility index (Phi) is 5.55. The normalized spacial score (nSPS) is 15.0. The van der Waals surface area contributed by atoms with Crippen LogP contribution < -0.4 is 21.9 Å².